The Morgan fingerprint density at radius 3 is 2.86 bits per heavy atom. The van der Waals surface area contributed by atoms with Gasteiger partial charge in [-0.05, 0) is 37.8 Å². The minimum absolute atomic E-state index is 0.266. The molecule has 0 aromatic carbocycles. The summed E-state index contributed by atoms with van der Waals surface area (Å²) in [6, 6.07) is 3.18. The normalized spacial score (nSPS) is 22.5. The van der Waals surface area contributed by atoms with Crippen molar-refractivity contribution >= 4 is 5.82 Å². The van der Waals surface area contributed by atoms with E-state index < -0.39 is 0 Å². The van der Waals surface area contributed by atoms with Crippen LogP contribution in [-0.2, 0) is 0 Å². The SMILES string of the molecule is Fc1ccc(N2CCCC(c3noc(C4CC4)n3)C2)nc1. The summed E-state index contributed by atoms with van der Waals surface area (Å²) in [6.07, 6.45) is 5.70. The molecule has 0 N–H and O–H groups in total. The average Bonchev–Trinajstić information content (AvgIpc) is 3.25. The van der Waals surface area contributed by atoms with Crippen LogP contribution in [0.15, 0.2) is 22.9 Å². The number of anilines is 1. The van der Waals surface area contributed by atoms with Gasteiger partial charge in [0, 0.05) is 24.9 Å². The van der Waals surface area contributed by atoms with Crippen molar-refractivity contribution in [2.24, 2.45) is 0 Å². The Bertz CT molecular complexity index is 623. The van der Waals surface area contributed by atoms with Crippen LogP contribution in [0.25, 0.3) is 0 Å². The maximum absolute atomic E-state index is 13.0. The molecule has 0 bridgehead atoms. The van der Waals surface area contributed by atoms with Crippen molar-refractivity contribution < 1.29 is 8.91 Å². The Labute approximate surface area is 122 Å². The smallest absolute Gasteiger partial charge is 0.229 e. The maximum Gasteiger partial charge on any atom is 0.229 e. The Morgan fingerprint density at radius 1 is 1.19 bits per heavy atom. The number of rotatable bonds is 3. The number of nitrogens with zero attached hydrogens (tertiary/aromatic N) is 4. The highest BCUT2D eigenvalue weighted by atomic mass is 19.1. The van der Waals surface area contributed by atoms with Crippen LogP contribution in [0.1, 0.15) is 49.2 Å². The van der Waals surface area contributed by atoms with Crippen LogP contribution in [-0.4, -0.2) is 28.2 Å². The molecule has 6 heteroatoms. The van der Waals surface area contributed by atoms with Crippen LogP contribution in [0.5, 0.6) is 0 Å². The van der Waals surface area contributed by atoms with E-state index in [1.54, 1.807) is 6.07 Å². The molecule has 110 valence electrons. The summed E-state index contributed by atoms with van der Waals surface area (Å²) in [7, 11) is 0. The zero-order chi connectivity index (χ0) is 14.2. The Kier molecular flexibility index (Phi) is 3.09. The number of hydrogen-bond donors (Lipinski definition) is 0. The molecule has 3 heterocycles. The molecule has 2 aliphatic rings. The van der Waals surface area contributed by atoms with Gasteiger partial charge in [0.1, 0.15) is 11.6 Å². The van der Waals surface area contributed by atoms with Crippen molar-refractivity contribution in [3.63, 3.8) is 0 Å². The van der Waals surface area contributed by atoms with E-state index in [2.05, 4.69) is 20.0 Å². The van der Waals surface area contributed by atoms with E-state index in [1.807, 2.05) is 0 Å². The highest BCUT2D eigenvalue weighted by Crippen LogP contribution is 2.39. The van der Waals surface area contributed by atoms with Gasteiger partial charge in [-0.1, -0.05) is 5.16 Å². The molecular formula is C15H17FN4O. The first-order chi connectivity index (χ1) is 10.3. The van der Waals surface area contributed by atoms with Crippen molar-refractivity contribution in [3.05, 3.63) is 35.9 Å². The van der Waals surface area contributed by atoms with Crippen LogP contribution >= 0.6 is 0 Å². The molecule has 5 nitrogen and oxygen atoms in total. The molecule has 1 saturated heterocycles. The third-order valence-electron chi connectivity index (χ3n) is 4.21. The summed E-state index contributed by atoms with van der Waals surface area (Å²) in [5.41, 5.74) is 0. The van der Waals surface area contributed by atoms with Crippen LogP contribution in [0.4, 0.5) is 10.2 Å². The molecule has 4 rings (SSSR count). The Morgan fingerprint density at radius 2 is 2.10 bits per heavy atom. The standard InChI is InChI=1S/C15H17FN4O/c16-12-5-6-13(17-8-12)20-7-1-2-11(9-20)14-18-15(21-19-14)10-3-4-10/h5-6,8,10-11H,1-4,7,9H2. The highest BCUT2D eigenvalue weighted by Gasteiger charge is 2.32. The molecule has 1 aliphatic heterocycles. The predicted molar refractivity (Wildman–Crippen MR) is 74.7 cm³/mol. The summed E-state index contributed by atoms with van der Waals surface area (Å²) in [5, 5.41) is 4.15. The van der Waals surface area contributed by atoms with Crippen LogP contribution < -0.4 is 4.90 Å². The van der Waals surface area contributed by atoms with Gasteiger partial charge in [0.15, 0.2) is 5.82 Å². The van der Waals surface area contributed by atoms with E-state index >= 15 is 0 Å². The zero-order valence-electron chi connectivity index (χ0n) is 11.7. The lowest BCUT2D eigenvalue weighted by Crippen LogP contribution is -2.35. The van der Waals surface area contributed by atoms with E-state index in [0.29, 0.717) is 5.92 Å². The molecule has 1 aliphatic carbocycles. The van der Waals surface area contributed by atoms with Crippen LogP contribution in [0.3, 0.4) is 0 Å². The second-order valence-corrected chi connectivity index (χ2v) is 5.88. The fourth-order valence-corrected chi connectivity index (χ4v) is 2.86. The van der Waals surface area contributed by atoms with Crippen molar-refractivity contribution in [3.8, 4) is 0 Å². The summed E-state index contributed by atoms with van der Waals surface area (Å²) in [4.78, 5) is 10.9. The minimum Gasteiger partial charge on any atom is -0.356 e. The van der Waals surface area contributed by atoms with Crippen molar-refractivity contribution in [2.75, 3.05) is 18.0 Å². The maximum atomic E-state index is 13.0. The zero-order valence-corrected chi connectivity index (χ0v) is 11.7. The summed E-state index contributed by atoms with van der Waals surface area (Å²) in [6.45, 7) is 1.74. The molecule has 0 amide bonds. The number of aromatic nitrogens is 3. The van der Waals surface area contributed by atoms with E-state index in [0.717, 1.165) is 56.3 Å². The Balaban J connectivity index is 1.50. The molecule has 2 fully saturated rings. The molecule has 0 radical (unpaired) electrons. The molecule has 2 aromatic heterocycles. The molecule has 1 saturated carbocycles. The molecule has 1 atom stereocenters. The topological polar surface area (TPSA) is 55.1 Å². The fourth-order valence-electron chi connectivity index (χ4n) is 2.86. The Hall–Kier alpha value is -1.98. The van der Waals surface area contributed by atoms with Crippen molar-refractivity contribution in [2.45, 2.75) is 37.5 Å². The molecule has 0 spiro atoms. The lowest BCUT2D eigenvalue weighted by Gasteiger charge is -2.32. The van der Waals surface area contributed by atoms with Gasteiger partial charge in [0.25, 0.3) is 0 Å². The van der Waals surface area contributed by atoms with Gasteiger partial charge in [-0.25, -0.2) is 9.37 Å². The van der Waals surface area contributed by atoms with E-state index in [4.69, 9.17) is 4.52 Å². The first kappa shape index (κ1) is 12.7. The number of piperidine rings is 1. The summed E-state index contributed by atoms with van der Waals surface area (Å²) >= 11 is 0. The van der Waals surface area contributed by atoms with Gasteiger partial charge in [-0.3, -0.25) is 0 Å². The van der Waals surface area contributed by atoms with Gasteiger partial charge < -0.3 is 9.42 Å². The molecule has 21 heavy (non-hydrogen) atoms. The highest BCUT2D eigenvalue weighted by molar-refractivity contribution is 5.39. The lowest BCUT2D eigenvalue weighted by atomic mass is 9.97. The van der Waals surface area contributed by atoms with Gasteiger partial charge in [0.2, 0.25) is 5.89 Å². The monoisotopic (exact) mass is 288 g/mol. The molecular weight excluding hydrogens is 271 g/mol. The quantitative estimate of drug-likeness (QED) is 0.869. The lowest BCUT2D eigenvalue weighted by molar-refractivity contribution is 0.365. The van der Waals surface area contributed by atoms with Crippen LogP contribution in [0, 0.1) is 5.82 Å². The van der Waals surface area contributed by atoms with Gasteiger partial charge in [-0.15, -0.1) is 0 Å². The summed E-state index contributed by atoms with van der Waals surface area (Å²) in [5.74, 6) is 2.86. The number of hydrogen-bond acceptors (Lipinski definition) is 5. The van der Waals surface area contributed by atoms with Gasteiger partial charge in [0.05, 0.1) is 6.20 Å². The second kappa shape index (κ2) is 5.09. The molecule has 1 unspecified atom stereocenters. The fraction of sp³-hybridized carbons (Fsp3) is 0.533. The molecule has 2 aromatic rings. The van der Waals surface area contributed by atoms with Crippen molar-refractivity contribution in [1.29, 1.82) is 0 Å². The van der Waals surface area contributed by atoms with Gasteiger partial charge in [-0.2, -0.15) is 4.98 Å². The minimum atomic E-state index is -0.306. The van der Waals surface area contributed by atoms with E-state index in [-0.39, 0.29) is 11.7 Å². The predicted octanol–water partition coefficient (Wildman–Crippen LogP) is 2.87. The van der Waals surface area contributed by atoms with E-state index in [9.17, 15) is 4.39 Å². The number of pyridine rings is 1. The largest absolute Gasteiger partial charge is 0.356 e. The third kappa shape index (κ3) is 2.62. The first-order valence-corrected chi connectivity index (χ1v) is 7.49. The van der Waals surface area contributed by atoms with E-state index in [1.165, 1.54) is 12.3 Å². The summed E-state index contributed by atoms with van der Waals surface area (Å²) < 4.78 is 18.3. The second-order valence-electron chi connectivity index (χ2n) is 5.88. The van der Waals surface area contributed by atoms with Crippen molar-refractivity contribution in [1.82, 2.24) is 15.1 Å². The first-order valence-electron chi connectivity index (χ1n) is 7.49. The number of halogens is 1. The van der Waals surface area contributed by atoms with Crippen LogP contribution in [0.2, 0.25) is 0 Å². The third-order valence-corrected chi connectivity index (χ3v) is 4.21. The van der Waals surface area contributed by atoms with Gasteiger partial charge >= 0.3 is 0 Å². The average molecular weight is 288 g/mol.